The van der Waals surface area contributed by atoms with Crippen LogP contribution in [0.25, 0.3) is 0 Å². The highest BCUT2D eigenvalue weighted by Crippen LogP contribution is 2.09. The largest absolute Gasteiger partial charge is 0.456 e. The Kier molecular flexibility index (Phi) is 6.25. The van der Waals surface area contributed by atoms with Gasteiger partial charge in [-0.1, -0.05) is 22.9 Å². The topological polar surface area (TPSA) is 128 Å². The highest BCUT2D eigenvalue weighted by atomic mass is 32.2. The number of nitrogens with one attached hydrogen (secondary N) is 2. The lowest BCUT2D eigenvalue weighted by Crippen LogP contribution is -2.28. The van der Waals surface area contributed by atoms with Gasteiger partial charge in [-0.2, -0.15) is 0 Å². The maximum absolute atomic E-state index is 12.0. The first-order chi connectivity index (χ1) is 11.9. The van der Waals surface area contributed by atoms with E-state index in [0.29, 0.717) is 0 Å². The smallest absolute Gasteiger partial charge is 0.307 e. The summed E-state index contributed by atoms with van der Waals surface area (Å²) in [6, 6.07) is 7.74. The first-order valence-corrected chi connectivity index (χ1v) is 8.77. The molecule has 0 unspecified atom stereocenters. The van der Waals surface area contributed by atoms with Gasteiger partial charge in [0.1, 0.15) is 6.26 Å². The molecule has 0 fully saturated rings. The molecule has 1 heterocycles. The Bertz CT molecular complexity index is 815. The number of benzene rings is 1. The summed E-state index contributed by atoms with van der Waals surface area (Å²) in [7, 11) is -3.69. The number of rotatable bonds is 8. The average molecular weight is 367 g/mol. The van der Waals surface area contributed by atoms with Gasteiger partial charge in [0.25, 0.3) is 5.91 Å². The van der Waals surface area contributed by atoms with Crippen molar-refractivity contribution in [2.24, 2.45) is 0 Å². The molecule has 0 saturated carbocycles. The predicted molar refractivity (Wildman–Crippen MR) is 87.1 cm³/mol. The van der Waals surface area contributed by atoms with Gasteiger partial charge in [0.15, 0.2) is 12.4 Å². The molecule has 0 aliphatic carbocycles. The van der Waals surface area contributed by atoms with E-state index in [0.717, 1.165) is 5.56 Å². The molecule has 0 aliphatic heterocycles. The third-order valence-corrected chi connectivity index (χ3v) is 4.50. The lowest BCUT2D eigenvalue weighted by Gasteiger charge is -2.07. The van der Waals surface area contributed by atoms with Gasteiger partial charge < -0.3 is 14.6 Å². The van der Waals surface area contributed by atoms with E-state index in [4.69, 9.17) is 4.74 Å². The molecule has 0 saturated heterocycles. The zero-order valence-corrected chi connectivity index (χ0v) is 14.2. The van der Waals surface area contributed by atoms with Crippen molar-refractivity contribution >= 4 is 27.7 Å². The molecular formula is C15H17N3O6S. The summed E-state index contributed by atoms with van der Waals surface area (Å²) in [4.78, 5) is 23.1. The lowest BCUT2D eigenvalue weighted by molar-refractivity contribution is -0.147. The Labute approximate surface area is 144 Å². The van der Waals surface area contributed by atoms with Crippen molar-refractivity contribution in [1.82, 2.24) is 9.88 Å². The maximum atomic E-state index is 12.0. The minimum Gasteiger partial charge on any atom is -0.456 e. The van der Waals surface area contributed by atoms with Crippen molar-refractivity contribution in [2.75, 3.05) is 18.5 Å². The number of ether oxygens (including phenoxy) is 1. The highest BCUT2D eigenvalue weighted by Gasteiger charge is 2.15. The summed E-state index contributed by atoms with van der Waals surface area (Å²) in [5, 5.41) is 5.82. The Morgan fingerprint density at radius 1 is 1.20 bits per heavy atom. The molecule has 0 atom stereocenters. The van der Waals surface area contributed by atoms with Crippen LogP contribution in [0.2, 0.25) is 0 Å². The number of amides is 1. The van der Waals surface area contributed by atoms with Crippen LogP contribution in [0.3, 0.4) is 0 Å². The third-order valence-electron chi connectivity index (χ3n) is 3.02. The van der Waals surface area contributed by atoms with E-state index in [1.165, 1.54) is 24.5 Å². The monoisotopic (exact) mass is 367 g/mol. The molecule has 10 heteroatoms. The molecule has 1 aromatic heterocycles. The number of hydrogen-bond donors (Lipinski definition) is 2. The third kappa shape index (κ3) is 6.01. The molecule has 0 bridgehead atoms. The van der Waals surface area contributed by atoms with Crippen molar-refractivity contribution in [3.05, 3.63) is 42.2 Å². The van der Waals surface area contributed by atoms with Gasteiger partial charge in [0.05, 0.1) is 11.3 Å². The number of carbonyl (C=O) groups excluding carboxylic acids is 2. The van der Waals surface area contributed by atoms with Crippen molar-refractivity contribution in [1.29, 1.82) is 0 Å². The second kappa shape index (κ2) is 8.40. The first kappa shape index (κ1) is 18.6. The number of sulfonamides is 1. The second-order valence-corrected chi connectivity index (χ2v) is 6.82. The molecule has 2 rings (SSSR count). The zero-order chi connectivity index (χ0) is 18.3. The lowest BCUT2D eigenvalue weighted by atomic mass is 10.2. The van der Waals surface area contributed by atoms with Crippen LogP contribution in [-0.2, 0) is 24.3 Å². The summed E-state index contributed by atoms with van der Waals surface area (Å²) < 4.78 is 35.6. The maximum Gasteiger partial charge on any atom is 0.307 e. The van der Waals surface area contributed by atoms with E-state index in [2.05, 4.69) is 19.7 Å². The standard InChI is InChI=1S/C15H17N3O6S/c1-11-2-4-12(5-3-11)25(21,22)16-8-6-15(20)23-10-14(19)17-13-7-9-24-18-13/h2-5,7,9,16H,6,8,10H2,1H3,(H,17,18,19). The molecule has 2 N–H and O–H groups in total. The quantitative estimate of drug-likeness (QED) is 0.662. The fourth-order valence-electron chi connectivity index (χ4n) is 1.76. The fraction of sp³-hybridized carbons (Fsp3) is 0.267. The van der Waals surface area contributed by atoms with E-state index < -0.39 is 28.5 Å². The van der Waals surface area contributed by atoms with E-state index in [-0.39, 0.29) is 23.7 Å². The Balaban J connectivity index is 1.71. The van der Waals surface area contributed by atoms with Gasteiger partial charge in [-0.15, -0.1) is 0 Å². The Hall–Kier alpha value is -2.72. The average Bonchev–Trinajstić information content (AvgIpc) is 3.06. The molecule has 134 valence electrons. The number of anilines is 1. The predicted octanol–water partition coefficient (Wildman–Crippen LogP) is 0.833. The van der Waals surface area contributed by atoms with E-state index >= 15 is 0 Å². The van der Waals surface area contributed by atoms with Gasteiger partial charge in [-0.25, -0.2) is 13.1 Å². The minimum absolute atomic E-state index is 0.110. The van der Waals surface area contributed by atoms with Gasteiger partial charge >= 0.3 is 5.97 Å². The van der Waals surface area contributed by atoms with Crippen LogP contribution in [0.15, 0.2) is 46.0 Å². The van der Waals surface area contributed by atoms with Crippen molar-refractivity contribution in [2.45, 2.75) is 18.2 Å². The van der Waals surface area contributed by atoms with Crippen molar-refractivity contribution in [3.63, 3.8) is 0 Å². The zero-order valence-electron chi connectivity index (χ0n) is 13.4. The summed E-state index contributed by atoms with van der Waals surface area (Å²) in [5.41, 5.74) is 0.937. The number of esters is 1. The Morgan fingerprint density at radius 2 is 1.92 bits per heavy atom. The highest BCUT2D eigenvalue weighted by molar-refractivity contribution is 7.89. The molecule has 0 spiro atoms. The number of aryl methyl sites for hydroxylation is 1. The van der Waals surface area contributed by atoms with Crippen LogP contribution < -0.4 is 10.0 Å². The van der Waals surface area contributed by atoms with E-state index in [1.54, 1.807) is 12.1 Å². The number of carbonyl (C=O) groups is 2. The summed E-state index contributed by atoms with van der Waals surface area (Å²) in [6.45, 7) is 1.20. The molecule has 25 heavy (non-hydrogen) atoms. The number of aromatic nitrogens is 1. The van der Waals surface area contributed by atoms with Crippen LogP contribution in [0.4, 0.5) is 5.82 Å². The van der Waals surface area contributed by atoms with Crippen LogP contribution in [-0.4, -0.2) is 38.6 Å². The van der Waals surface area contributed by atoms with Gasteiger partial charge in [-0.05, 0) is 19.1 Å². The summed E-state index contributed by atoms with van der Waals surface area (Å²) >= 11 is 0. The van der Waals surface area contributed by atoms with E-state index in [1.807, 2.05) is 6.92 Å². The molecule has 0 aliphatic rings. The molecular weight excluding hydrogens is 350 g/mol. The fourth-order valence-corrected chi connectivity index (χ4v) is 2.79. The minimum atomic E-state index is -3.69. The number of nitrogens with zero attached hydrogens (tertiary/aromatic N) is 1. The second-order valence-electron chi connectivity index (χ2n) is 5.05. The molecule has 0 radical (unpaired) electrons. The molecule has 9 nitrogen and oxygen atoms in total. The molecule has 2 aromatic rings. The van der Waals surface area contributed by atoms with Crippen LogP contribution in [0.5, 0.6) is 0 Å². The molecule has 1 aromatic carbocycles. The van der Waals surface area contributed by atoms with Crippen molar-refractivity contribution in [3.8, 4) is 0 Å². The van der Waals surface area contributed by atoms with Gasteiger partial charge in [-0.3, -0.25) is 9.59 Å². The van der Waals surface area contributed by atoms with Crippen LogP contribution >= 0.6 is 0 Å². The first-order valence-electron chi connectivity index (χ1n) is 7.29. The number of hydrogen-bond acceptors (Lipinski definition) is 7. The summed E-state index contributed by atoms with van der Waals surface area (Å²) in [5.74, 6) is -1.09. The Morgan fingerprint density at radius 3 is 2.56 bits per heavy atom. The van der Waals surface area contributed by atoms with Crippen LogP contribution in [0, 0.1) is 6.92 Å². The van der Waals surface area contributed by atoms with Gasteiger partial charge in [0, 0.05) is 12.6 Å². The normalized spacial score (nSPS) is 11.1. The van der Waals surface area contributed by atoms with Crippen molar-refractivity contribution < 1.29 is 27.3 Å². The van der Waals surface area contributed by atoms with Gasteiger partial charge in [0.2, 0.25) is 10.0 Å². The van der Waals surface area contributed by atoms with Crippen LogP contribution in [0.1, 0.15) is 12.0 Å². The molecule has 1 amide bonds. The van der Waals surface area contributed by atoms with E-state index in [9.17, 15) is 18.0 Å². The summed E-state index contributed by atoms with van der Waals surface area (Å²) in [6.07, 6.45) is 1.07. The SMILES string of the molecule is Cc1ccc(S(=O)(=O)NCCC(=O)OCC(=O)Nc2ccon2)cc1.